The van der Waals surface area contributed by atoms with Gasteiger partial charge in [0, 0.05) is 13.1 Å². The summed E-state index contributed by atoms with van der Waals surface area (Å²) in [5.74, 6) is 1.79. The Hall–Kier alpha value is -1.43. The molecular weight excluding hydrogens is 242 g/mol. The molecule has 0 saturated heterocycles. The highest BCUT2D eigenvalue weighted by atomic mass is 16.2. The molecule has 6 heteroatoms. The number of fused-ring (bicyclic) bond motifs is 1. The van der Waals surface area contributed by atoms with Gasteiger partial charge < -0.3 is 10.6 Å². The van der Waals surface area contributed by atoms with Gasteiger partial charge in [-0.05, 0) is 19.8 Å². The van der Waals surface area contributed by atoms with Crippen molar-refractivity contribution in [2.24, 2.45) is 11.1 Å². The van der Waals surface area contributed by atoms with Crippen LogP contribution in [0.2, 0.25) is 0 Å². The van der Waals surface area contributed by atoms with Gasteiger partial charge in [0.05, 0.1) is 18.5 Å². The molecule has 0 bridgehead atoms. The van der Waals surface area contributed by atoms with Gasteiger partial charge in [0.1, 0.15) is 11.6 Å². The molecule has 19 heavy (non-hydrogen) atoms. The monoisotopic (exact) mass is 265 g/mol. The lowest BCUT2D eigenvalue weighted by Crippen LogP contribution is -2.50. The molecule has 0 atom stereocenters. The lowest BCUT2D eigenvalue weighted by Gasteiger charge is -2.36. The maximum Gasteiger partial charge on any atom is 0.230 e. The molecule has 1 amide bonds. The second kappa shape index (κ2) is 5.28. The van der Waals surface area contributed by atoms with Crippen molar-refractivity contribution < 1.29 is 4.79 Å². The number of carbonyl (C=O) groups is 1. The Labute approximate surface area is 114 Å². The maximum atomic E-state index is 12.7. The van der Waals surface area contributed by atoms with Crippen molar-refractivity contribution in [2.45, 2.75) is 46.7 Å². The number of amides is 1. The fourth-order valence-electron chi connectivity index (χ4n) is 2.70. The topological polar surface area (TPSA) is 77.0 Å². The van der Waals surface area contributed by atoms with Gasteiger partial charge in [-0.25, -0.2) is 9.67 Å². The van der Waals surface area contributed by atoms with Crippen LogP contribution in [0.5, 0.6) is 0 Å². The molecule has 2 rings (SSSR count). The summed E-state index contributed by atoms with van der Waals surface area (Å²) < 4.78 is 1.89. The first-order valence-electron chi connectivity index (χ1n) is 6.96. The van der Waals surface area contributed by atoms with Gasteiger partial charge in [-0.15, -0.1) is 0 Å². The Bertz CT molecular complexity index is 455. The molecule has 0 fully saturated rings. The van der Waals surface area contributed by atoms with Crippen LogP contribution in [0.4, 0.5) is 0 Å². The molecule has 0 aliphatic carbocycles. The summed E-state index contributed by atoms with van der Waals surface area (Å²) in [7, 11) is 0. The van der Waals surface area contributed by atoms with Gasteiger partial charge >= 0.3 is 0 Å². The molecule has 0 unspecified atom stereocenters. The lowest BCUT2D eigenvalue weighted by molar-refractivity contribution is -0.143. The van der Waals surface area contributed by atoms with E-state index in [1.165, 1.54) is 0 Å². The first-order chi connectivity index (χ1) is 9.06. The highest BCUT2D eigenvalue weighted by molar-refractivity contribution is 5.83. The van der Waals surface area contributed by atoms with Crippen LogP contribution in [0.25, 0.3) is 0 Å². The largest absolute Gasteiger partial charge is 0.333 e. The minimum atomic E-state index is -0.419. The molecule has 1 aromatic rings. The van der Waals surface area contributed by atoms with Crippen LogP contribution >= 0.6 is 0 Å². The smallest absolute Gasteiger partial charge is 0.230 e. The maximum absolute atomic E-state index is 12.7. The highest BCUT2D eigenvalue weighted by Crippen LogP contribution is 2.29. The molecule has 106 valence electrons. The number of aromatic nitrogens is 3. The summed E-state index contributed by atoms with van der Waals surface area (Å²) in [6.45, 7) is 8.30. The first kappa shape index (κ1) is 14.0. The summed E-state index contributed by atoms with van der Waals surface area (Å²) in [6.07, 6.45) is 1.56. The van der Waals surface area contributed by atoms with E-state index in [9.17, 15) is 4.79 Å². The van der Waals surface area contributed by atoms with E-state index in [0.29, 0.717) is 19.6 Å². The molecule has 0 radical (unpaired) electrons. The number of rotatable bonds is 4. The number of nitrogens with zero attached hydrogens (tertiary/aromatic N) is 4. The fourth-order valence-corrected chi connectivity index (χ4v) is 2.70. The van der Waals surface area contributed by atoms with Gasteiger partial charge in [0.15, 0.2) is 0 Å². The predicted molar refractivity (Wildman–Crippen MR) is 72.2 cm³/mol. The van der Waals surface area contributed by atoms with Crippen LogP contribution in [-0.4, -0.2) is 38.7 Å². The van der Waals surface area contributed by atoms with E-state index in [-0.39, 0.29) is 5.91 Å². The van der Waals surface area contributed by atoms with E-state index in [4.69, 9.17) is 5.73 Å². The third-order valence-corrected chi connectivity index (χ3v) is 4.25. The third-order valence-electron chi connectivity index (χ3n) is 4.25. The van der Waals surface area contributed by atoms with E-state index in [1.54, 1.807) is 0 Å². The summed E-state index contributed by atoms with van der Waals surface area (Å²) in [5, 5.41) is 4.31. The normalized spacial score (nSPS) is 15.5. The molecular formula is C13H23N5O. The van der Waals surface area contributed by atoms with E-state index in [2.05, 4.69) is 10.1 Å². The van der Waals surface area contributed by atoms with Crippen LogP contribution in [0.15, 0.2) is 0 Å². The summed E-state index contributed by atoms with van der Waals surface area (Å²) in [5.41, 5.74) is 5.44. The Balaban J connectivity index is 2.18. The molecule has 6 nitrogen and oxygen atoms in total. The SMILES string of the molecule is CCC(CC)(CN)C(=O)N1CCn2nc(C)nc2C1. The van der Waals surface area contributed by atoms with Crippen LogP contribution in [0.1, 0.15) is 38.3 Å². The van der Waals surface area contributed by atoms with Crippen molar-refractivity contribution in [1.82, 2.24) is 19.7 Å². The van der Waals surface area contributed by atoms with Crippen LogP contribution in [-0.2, 0) is 17.9 Å². The quantitative estimate of drug-likeness (QED) is 0.869. The lowest BCUT2D eigenvalue weighted by atomic mass is 9.81. The summed E-state index contributed by atoms with van der Waals surface area (Å²) in [6, 6.07) is 0. The number of hydrogen-bond acceptors (Lipinski definition) is 4. The van der Waals surface area contributed by atoms with Crippen molar-refractivity contribution in [3.05, 3.63) is 11.6 Å². The standard InChI is InChI=1S/C13H23N5O/c1-4-13(5-2,9-14)12(19)17-6-7-18-11(8-17)15-10(3)16-18/h4-9,14H2,1-3H3. The highest BCUT2D eigenvalue weighted by Gasteiger charge is 2.38. The Morgan fingerprint density at radius 2 is 2.05 bits per heavy atom. The minimum Gasteiger partial charge on any atom is -0.333 e. The van der Waals surface area contributed by atoms with E-state index in [0.717, 1.165) is 31.0 Å². The van der Waals surface area contributed by atoms with Crippen molar-refractivity contribution in [3.8, 4) is 0 Å². The number of hydrogen-bond donors (Lipinski definition) is 1. The molecule has 0 aromatic carbocycles. The van der Waals surface area contributed by atoms with Gasteiger partial charge in [0.25, 0.3) is 0 Å². The van der Waals surface area contributed by atoms with Crippen molar-refractivity contribution >= 4 is 5.91 Å². The van der Waals surface area contributed by atoms with Crippen molar-refractivity contribution in [1.29, 1.82) is 0 Å². The van der Waals surface area contributed by atoms with Crippen molar-refractivity contribution in [2.75, 3.05) is 13.1 Å². The molecule has 1 aliphatic rings. The average Bonchev–Trinajstić information content (AvgIpc) is 2.80. The second-order valence-corrected chi connectivity index (χ2v) is 5.22. The zero-order chi connectivity index (χ0) is 14.0. The van der Waals surface area contributed by atoms with Gasteiger partial charge in [-0.1, -0.05) is 13.8 Å². The molecule has 2 N–H and O–H groups in total. The minimum absolute atomic E-state index is 0.159. The van der Waals surface area contributed by atoms with E-state index in [1.807, 2.05) is 30.4 Å². The van der Waals surface area contributed by atoms with E-state index >= 15 is 0 Å². The van der Waals surface area contributed by atoms with Gasteiger partial charge in [-0.2, -0.15) is 5.10 Å². The second-order valence-electron chi connectivity index (χ2n) is 5.22. The molecule has 2 heterocycles. The van der Waals surface area contributed by atoms with Crippen LogP contribution in [0, 0.1) is 12.3 Å². The summed E-state index contributed by atoms with van der Waals surface area (Å²) >= 11 is 0. The Morgan fingerprint density at radius 3 is 2.63 bits per heavy atom. The first-order valence-corrected chi connectivity index (χ1v) is 6.96. The van der Waals surface area contributed by atoms with Gasteiger partial charge in [-0.3, -0.25) is 4.79 Å². The Morgan fingerprint density at radius 1 is 1.37 bits per heavy atom. The zero-order valence-corrected chi connectivity index (χ0v) is 12.0. The predicted octanol–water partition coefficient (Wildman–Crippen LogP) is 0.694. The number of nitrogens with two attached hydrogens (primary N) is 1. The van der Waals surface area contributed by atoms with Gasteiger partial charge in [0.2, 0.25) is 5.91 Å². The third kappa shape index (κ3) is 2.36. The summed E-state index contributed by atoms with van der Waals surface area (Å²) in [4.78, 5) is 19.0. The fraction of sp³-hybridized carbons (Fsp3) is 0.769. The van der Waals surface area contributed by atoms with Crippen LogP contribution in [0.3, 0.4) is 0 Å². The Kier molecular flexibility index (Phi) is 3.89. The number of carbonyl (C=O) groups excluding carboxylic acids is 1. The zero-order valence-electron chi connectivity index (χ0n) is 12.0. The van der Waals surface area contributed by atoms with Crippen LogP contribution < -0.4 is 5.73 Å². The number of aryl methyl sites for hydroxylation is 1. The molecule has 0 spiro atoms. The molecule has 0 saturated carbocycles. The molecule has 1 aliphatic heterocycles. The average molecular weight is 265 g/mol. The van der Waals surface area contributed by atoms with Crippen molar-refractivity contribution in [3.63, 3.8) is 0 Å². The molecule has 1 aromatic heterocycles. The van der Waals surface area contributed by atoms with E-state index < -0.39 is 5.41 Å².